The van der Waals surface area contributed by atoms with Crippen molar-refractivity contribution in [3.63, 3.8) is 0 Å². The Morgan fingerprint density at radius 2 is 2.14 bits per heavy atom. The Hall–Kier alpha value is -1.59. The normalized spacial score (nSPS) is 10.8. The van der Waals surface area contributed by atoms with Crippen LogP contribution in [0.5, 0.6) is 5.75 Å². The molecule has 0 amide bonds. The number of anilines is 2. The van der Waals surface area contributed by atoms with E-state index in [2.05, 4.69) is 39.2 Å². The van der Waals surface area contributed by atoms with Gasteiger partial charge in [-0.15, -0.1) is 0 Å². The summed E-state index contributed by atoms with van der Waals surface area (Å²) in [4.78, 5) is 4.62. The molecule has 0 bridgehead atoms. The van der Waals surface area contributed by atoms with E-state index in [1.165, 1.54) is 5.56 Å². The highest BCUT2D eigenvalue weighted by Gasteiger charge is 2.08. The van der Waals surface area contributed by atoms with E-state index in [1.54, 1.807) is 11.3 Å². The number of ether oxygens (including phenoxy) is 1. The Kier molecular flexibility index (Phi) is 4.12. The number of fused-ring (bicyclic) bond motifs is 1. The number of thiazole rings is 1. The van der Waals surface area contributed by atoms with Gasteiger partial charge in [0, 0.05) is 10.2 Å². The second-order valence-corrected chi connectivity index (χ2v) is 6.50. The minimum atomic E-state index is 0.673. The maximum atomic E-state index is 5.53. The lowest BCUT2D eigenvalue weighted by molar-refractivity contribution is 0.341. The molecule has 0 unspecified atom stereocenters. The molecule has 1 heterocycles. The molecule has 1 aromatic heterocycles. The summed E-state index contributed by atoms with van der Waals surface area (Å²) in [5.74, 6) is 0.888. The molecule has 0 radical (unpaired) electrons. The Bertz CT molecular complexity index is 785. The van der Waals surface area contributed by atoms with Crippen LogP contribution in [0, 0.1) is 6.92 Å². The highest BCUT2D eigenvalue weighted by Crippen LogP contribution is 2.33. The van der Waals surface area contributed by atoms with Crippen LogP contribution in [0.1, 0.15) is 12.5 Å². The zero-order valence-electron chi connectivity index (χ0n) is 11.8. The second-order valence-electron chi connectivity index (χ2n) is 4.62. The van der Waals surface area contributed by atoms with Gasteiger partial charge in [-0.05, 0) is 49.7 Å². The summed E-state index contributed by atoms with van der Waals surface area (Å²) in [6.07, 6.45) is 0. The fourth-order valence-corrected chi connectivity index (χ4v) is 3.35. The molecule has 0 aliphatic carbocycles. The van der Waals surface area contributed by atoms with Crippen molar-refractivity contribution >= 4 is 48.3 Å². The van der Waals surface area contributed by atoms with Gasteiger partial charge in [0.1, 0.15) is 5.75 Å². The third-order valence-electron chi connectivity index (χ3n) is 3.18. The molecule has 3 nitrogen and oxygen atoms in total. The average Bonchev–Trinajstić information content (AvgIpc) is 2.86. The van der Waals surface area contributed by atoms with E-state index in [4.69, 9.17) is 4.74 Å². The molecule has 0 saturated carbocycles. The van der Waals surface area contributed by atoms with E-state index in [0.29, 0.717) is 6.61 Å². The van der Waals surface area contributed by atoms with Gasteiger partial charge in [-0.3, -0.25) is 0 Å². The monoisotopic (exact) mass is 362 g/mol. The van der Waals surface area contributed by atoms with Gasteiger partial charge < -0.3 is 10.1 Å². The third-order valence-corrected chi connectivity index (χ3v) is 4.97. The van der Waals surface area contributed by atoms with Crippen LogP contribution < -0.4 is 10.1 Å². The van der Waals surface area contributed by atoms with Crippen molar-refractivity contribution < 1.29 is 4.74 Å². The first-order valence-electron chi connectivity index (χ1n) is 6.73. The maximum absolute atomic E-state index is 5.53. The zero-order valence-corrected chi connectivity index (χ0v) is 14.2. The van der Waals surface area contributed by atoms with Crippen LogP contribution >= 0.6 is 27.3 Å². The SMILES string of the molecule is CCOc1ccc2nc(Nc3cccc(Br)c3C)sc2c1. The minimum Gasteiger partial charge on any atom is -0.494 e. The molecule has 3 aromatic rings. The van der Waals surface area contributed by atoms with Crippen LogP contribution in [0.4, 0.5) is 10.8 Å². The molecule has 3 rings (SSSR count). The van der Waals surface area contributed by atoms with Crippen molar-refractivity contribution in [2.24, 2.45) is 0 Å². The molecule has 2 aromatic carbocycles. The number of aromatic nitrogens is 1. The molecule has 0 aliphatic heterocycles. The number of hydrogen-bond acceptors (Lipinski definition) is 4. The molecule has 108 valence electrons. The smallest absolute Gasteiger partial charge is 0.188 e. The van der Waals surface area contributed by atoms with Crippen molar-refractivity contribution in [3.05, 3.63) is 46.4 Å². The summed E-state index contributed by atoms with van der Waals surface area (Å²) in [6, 6.07) is 12.1. The quantitative estimate of drug-likeness (QED) is 0.664. The standard InChI is InChI=1S/C16H15BrN2OS/c1-3-20-11-7-8-14-15(9-11)21-16(19-14)18-13-6-4-5-12(17)10(13)2/h4-9H,3H2,1-2H3,(H,18,19). The van der Waals surface area contributed by atoms with Crippen molar-refractivity contribution in [2.75, 3.05) is 11.9 Å². The minimum absolute atomic E-state index is 0.673. The lowest BCUT2D eigenvalue weighted by Gasteiger charge is -2.07. The van der Waals surface area contributed by atoms with Gasteiger partial charge in [-0.25, -0.2) is 4.98 Å². The summed E-state index contributed by atoms with van der Waals surface area (Å²) in [6.45, 7) is 4.74. The fraction of sp³-hybridized carbons (Fsp3) is 0.188. The van der Waals surface area contributed by atoms with Crippen LogP contribution in [0.3, 0.4) is 0 Å². The molecule has 0 spiro atoms. The van der Waals surface area contributed by atoms with Gasteiger partial charge in [-0.2, -0.15) is 0 Å². The number of nitrogens with one attached hydrogen (secondary N) is 1. The summed E-state index contributed by atoms with van der Waals surface area (Å²) < 4.78 is 7.74. The Labute approximate surface area is 136 Å². The largest absolute Gasteiger partial charge is 0.494 e. The summed E-state index contributed by atoms with van der Waals surface area (Å²) in [5, 5.41) is 4.28. The molecule has 5 heteroatoms. The Morgan fingerprint density at radius 1 is 1.29 bits per heavy atom. The Morgan fingerprint density at radius 3 is 2.95 bits per heavy atom. The van der Waals surface area contributed by atoms with Crippen molar-refractivity contribution in [1.29, 1.82) is 0 Å². The van der Waals surface area contributed by atoms with Crippen LogP contribution in [0.25, 0.3) is 10.2 Å². The molecule has 0 atom stereocenters. The van der Waals surface area contributed by atoms with Crippen molar-refractivity contribution in [3.8, 4) is 5.75 Å². The molecule has 0 saturated heterocycles. The molecule has 0 fully saturated rings. The first-order valence-corrected chi connectivity index (χ1v) is 8.34. The first kappa shape index (κ1) is 14.4. The Balaban J connectivity index is 1.92. The van der Waals surface area contributed by atoms with E-state index >= 15 is 0 Å². The van der Waals surface area contributed by atoms with E-state index in [0.717, 1.165) is 31.3 Å². The van der Waals surface area contributed by atoms with E-state index in [9.17, 15) is 0 Å². The average molecular weight is 363 g/mol. The van der Waals surface area contributed by atoms with Crippen LogP contribution in [0.2, 0.25) is 0 Å². The number of benzene rings is 2. The van der Waals surface area contributed by atoms with E-state index < -0.39 is 0 Å². The number of rotatable bonds is 4. The van der Waals surface area contributed by atoms with Crippen LogP contribution in [0.15, 0.2) is 40.9 Å². The molecule has 21 heavy (non-hydrogen) atoms. The van der Waals surface area contributed by atoms with Gasteiger partial charge in [0.15, 0.2) is 5.13 Å². The summed E-state index contributed by atoms with van der Waals surface area (Å²) in [5.41, 5.74) is 3.22. The highest BCUT2D eigenvalue weighted by molar-refractivity contribution is 9.10. The summed E-state index contributed by atoms with van der Waals surface area (Å²) >= 11 is 5.18. The third kappa shape index (κ3) is 3.04. The van der Waals surface area contributed by atoms with Gasteiger partial charge in [0.05, 0.1) is 16.8 Å². The molecular weight excluding hydrogens is 348 g/mol. The lowest BCUT2D eigenvalue weighted by atomic mass is 10.2. The number of hydrogen-bond donors (Lipinski definition) is 1. The topological polar surface area (TPSA) is 34.1 Å². The summed E-state index contributed by atoms with van der Waals surface area (Å²) in [7, 11) is 0. The molecule has 1 N–H and O–H groups in total. The lowest BCUT2D eigenvalue weighted by Crippen LogP contribution is -1.92. The number of halogens is 1. The van der Waals surface area contributed by atoms with Gasteiger partial charge in [0.25, 0.3) is 0 Å². The zero-order chi connectivity index (χ0) is 14.8. The highest BCUT2D eigenvalue weighted by atomic mass is 79.9. The second kappa shape index (κ2) is 6.03. The van der Waals surface area contributed by atoms with E-state index in [1.807, 2.05) is 37.3 Å². The van der Waals surface area contributed by atoms with Crippen LogP contribution in [-0.2, 0) is 0 Å². The van der Waals surface area contributed by atoms with Gasteiger partial charge in [0.2, 0.25) is 0 Å². The molecular formula is C16H15BrN2OS. The number of nitrogens with zero attached hydrogens (tertiary/aromatic N) is 1. The molecule has 0 aliphatic rings. The predicted octanol–water partition coefficient (Wildman–Crippen LogP) is 5.51. The fourth-order valence-electron chi connectivity index (χ4n) is 2.07. The van der Waals surface area contributed by atoms with Gasteiger partial charge in [-0.1, -0.05) is 33.3 Å². The van der Waals surface area contributed by atoms with E-state index in [-0.39, 0.29) is 0 Å². The van der Waals surface area contributed by atoms with Crippen molar-refractivity contribution in [2.45, 2.75) is 13.8 Å². The van der Waals surface area contributed by atoms with Gasteiger partial charge >= 0.3 is 0 Å². The van der Waals surface area contributed by atoms with Crippen LogP contribution in [-0.4, -0.2) is 11.6 Å². The maximum Gasteiger partial charge on any atom is 0.188 e. The first-order chi connectivity index (χ1) is 10.2. The van der Waals surface area contributed by atoms with Crippen molar-refractivity contribution in [1.82, 2.24) is 4.98 Å². The predicted molar refractivity (Wildman–Crippen MR) is 93.0 cm³/mol.